The summed E-state index contributed by atoms with van der Waals surface area (Å²) in [6.45, 7) is 7.85. The van der Waals surface area contributed by atoms with Gasteiger partial charge < -0.3 is 64.2 Å². The Morgan fingerprint density at radius 3 is 2.33 bits per heavy atom. The van der Waals surface area contributed by atoms with Gasteiger partial charge in [-0.2, -0.15) is 5.10 Å². The van der Waals surface area contributed by atoms with Crippen molar-refractivity contribution < 1.29 is 87.5 Å². The van der Waals surface area contributed by atoms with Crippen molar-refractivity contribution in [1.82, 2.24) is 39.8 Å². The molecule has 5 fully saturated rings. The van der Waals surface area contributed by atoms with E-state index in [1.807, 2.05) is 35.9 Å². The molecular formula is C71H79N9O18S. The summed E-state index contributed by atoms with van der Waals surface area (Å²) in [5.41, 5.74) is 3.83. The second kappa shape index (κ2) is 29.3. The number of rotatable bonds is 29. The van der Waals surface area contributed by atoms with Crippen LogP contribution in [0.15, 0.2) is 103 Å². The lowest BCUT2D eigenvalue weighted by molar-refractivity contribution is -0.271. The van der Waals surface area contributed by atoms with Crippen LogP contribution in [0.4, 0.5) is 9.93 Å². The molecule has 2 aliphatic heterocycles. The number of benzene rings is 3. The van der Waals surface area contributed by atoms with Gasteiger partial charge in [-0.3, -0.25) is 39.1 Å². The van der Waals surface area contributed by atoms with Crippen LogP contribution < -0.4 is 20.1 Å². The number of para-hydroxylation sites is 1. The van der Waals surface area contributed by atoms with E-state index in [0.29, 0.717) is 76.3 Å². The number of hydrogen-bond acceptors (Lipinski definition) is 21. The smallest absolute Gasteiger partial charge is 0.409 e. The van der Waals surface area contributed by atoms with Gasteiger partial charge >= 0.3 is 18.0 Å². The molecule has 7 aromatic rings. The number of thiazole rings is 1. The lowest BCUT2D eigenvalue weighted by atomic mass is 9.40. The van der Waals surface area contributed by atoms with Gasteiger partial charge in [0, 0.05) is 109 Å². The molecule has 5 amide bonds. The number of carbonyl (C=O) groups is 7. The number of aromatic nitrogens is 5. The fourth-order valence-electron chi connectivity index (χ4n) is 15.4. The van der Waals surface area contributed by atoms with Crippen LogP contribution >= 0.6 is 11.3 Å². The Morgan fingerprint density at radius 1 is 0.808 bits per heavy atom. The molecule has 3 unspecified atom stereocenters. The molecule has 3 aromatic carbocycles. The number of aliphatic hydroxyl groups excluding tert-OH is 3. The Hall–Kier alpha value is -9.29. The third-order valence-corrected chi connectivity index (χ3v) is 20.5. The maximum absolute atomic E-state index is 13.8. The summed E-state index contributed by atoms with van der Waals surface area (Å²) in [5, 5.41) is 63.9. The number of pyridine rings is 2. The molecule has 0 spiro atoms. The van der Waals surface area contributed by atoms with Gasteiger partial charge in [-0.05, 0) is 123 Å². The Labute approximate surface area is 573 Å². The van der Waals surface area contributed by atoms with E-state index < -0.39 is 54.3 Å². The standard InChI is InChI=1S/C71H79N9O18S/c1-40-48(45-18-19-50(75-58(45)64(88)89)42-29-47-46(11-10-13-51(47)73-33-42)63(87)77-67-76-52-12-7-8-14-54(52)99-67)34-74-80(40)35-49-43-31-69(2)37-70(3,32-43)39-71(49,38-69)96-26-24-78(4)68(92)95-36-41-16-17-44(30-53(41)97-66-61(86)59(84)60(85)62(98-66)65(90)91)94-28-27-93-25-22-72-55(81)15-6-5-9-23-79-56(82)20-21-57(79)83/h7-8,10-14,16-21,29-30,33-34,43,49,59-62,66,84-86H,5-6,9,15,22-28,31-32,35-39H2,1-4H3,(H,72,81)(H,88,89)(H,90,91)(H,76,77,87)/t43?,49?,59-,60-,61+,62-,66+,69?,70?,71?/m0/s1. The number of likely N-dealkylation sites (N-methyl/N-ethyl adjacent to an activating group) is 1. The van der Waals surface area contributed by atoms with Crippen LogP contribution in [-0.2, 0) is 51.3 Å². The summed E-state index contributed by atoms with van der Waals surface area (Å²) >= 11 is 1.37. The molecule has 8 atom stereocenters. The monoisotopic (exact) mass is 1380 g/mol. The minimum atomic E-state index is -1.98. The molecule has 6 aliphatic rings. The molecule has 4 aliphatic carbocycles. The largest absolute Gasteiger partial charge is 0.491 e. The van der Waals surface area contributed by atoms with Crippen molar-refractivity contribution in [2.75, 3.05) is 58.4 Å². The number of nitrogens with zero attached hydrogens (tertiary/aromatic N) is 7. The molecule has 27 nitrogen and oxygen atoms in total. The number of unbranched alkanes of at least 4 members (excludes halogenated alkanes) is 2. The predicted molar refractivity (Wildman–Crippen MR) is 358 cm³/mol. The maximum Gasteiger partial charge on any atom is 0.409 e. The number of carboxylic acid groups (broad SMARTS) is 2. The average Bonchev–Trinajstić information content (AvgIpc) is 1.36. The van der Waals surface area contributed by atoms with E-state index in [1.54, 1.807) is 61.9 Å². The first-order valence-electron chi connectivity index (χ1n) is 33.0. The van der Waals surface area contributed by atoms with E-state index in [4.69, 9.17) is 38.5 Å². The van der Waals surface area contributed by atoms with Crippen molar-refractivity contribution in [2.45, 2.75) is 128 Å². The Kier molecular flexibility index (Phi) is 20.6. The molecular weight excluding hydrogens is 1300 g/mol. The Bertz CT molecular complexity index is 4200. The van der Waals surface area contributed by atoms with Crippen LogP contribution in [0, 0.1) is 29.6 Å². The number of aliphatic carboxylic acids is 1. The number of aliphatic hydroxyl groups is 3. The Balaban J connectivity index is 0.671. The van der Waals surface area contributed by atoms with E-state index in [1.165, 1.54) is 45.4 Å². The van der Waals surface area contributed by atoms with Crippen LogP contribution in [0.5, 0.6) is 11.5 Å². The van der Waals surface area contributed by atoms with Gasteiger partial charge in [0.15, 0.2) is 16.9 Å². The number of carbonyl (C=O) groups excluding carboxylic acids is 5. The highest BCUT2D eigenvalue weighted by Gasteiger charge is 2.65. The molecule has 6 heterocycles. The first kappa shape index (κ1) is 69.6. The molecule has 7 N–H and O–H groups in total. The molecule has 4 aromatic heterocycles. The lowest BCUT2D eigenvalue weighted by Crippen LogP contribution is -2.65. The Morgan fingerprint density at radius 2 is 1.58 bits per heavy atom. The van der Waals surface area contributed by atoms with Crippen molar-refractivity contribution >= 4 is 79.2 Å². The van der Waals surface area contributed by atoms with Crippen LogP contribution in [0.1, 0.15) is 104 Å². The van der Waals surface area contributed by atoms with Gasteiger partial charge in [0.25, 0.3) is 17.7 Å². The summed E-state index contributed by atoms with van der Waals surface area (Å²) in [5.74, 6) is -3.59. The predicted octanol–water partition coefficient (Wildman–Crippen LogP) is 7.56. The van der Waals surface area contributed by atoms with E-state index in [0.717, 1.165) is 48.0 Å². The quantitative estimate of drug-likeness (QED) is 0.0176. The van der Waals surface area contributed by atoms with E-state index in [9.17, 15) is 59.1 Å². The van der Waals surface area contributed by atoms with Crippen molar-refractivity contribution in [3.8, 4) is 33.9 Å². The maximum atomic E-state index is 13.8. The second-order valence-electron chi connectivity index (χ2n) is 27.0. The molecule has 1 saturated heterocycles. The van der Waals surface area contributed by atoms with Crippen LogP contribution in [0.2, 0.25) is 0 Å². The third kappa shape index (κ3) is 15.3. The normalized spacial score (nSPS) is 24.6. The molecule has 13 rings (SSSR count). The lowest BCUT2D eigenvalue weighted by Gasteiger charge is -2.68. The zero-order valence-electron chi connectivity index (χ0n) is 55.2. The SMILES string of the molecule is Cc1c(-c2ccc(-c3cnc4cccc(C(=O)Nc5nc6ccccc6s5)c4c3)nc2C(=O)O)cnn1CC1C2CC3(C)CC(C)(C2)CC1(OCCN(C)C(=O)OCc1ccc(OCCOCCNC(=O)CCCCCN2C(=O)C=CC2=O)cc1O[C@@H]1O[C@H](C(=O)O)[C@@H](O)[C@H](O)[C@H]1O)C3. The van der Waals surface area contributed by atoms with Crippen molar-refractivity contribution in [3.63, 3.8) is 0 Å². The van der Waals surface area contributed by atoms with Crippen LogP contribution in [-0.4, -0.2) is 191 Å². The number of hydrogen-bond donors (Lipinski definition) is 7. The average molecular weight is 1380 g/mol. The first-order chi connectivity index (χ1) is 47.5. The number of nitrogens with one attached hydrogen (secondary N) is 2. The van der Waals surface area contributed by atoms with Gasteiger partial charge in [0.2, 0.25) is 12.2 Å². The molecule has 99 heavy (non-hydrogen) atoms. The molecule has 28 heteroatoms. The van der Waals surface area contributed by atoms with Gasteiger partial charge in [-0.15, -0.1) is 0 Å². The molecule has 522 valence electrons. The van der Waals surface area contributed by atoms with E-state index >= 15 is 0 Å². The molecule has 4 bridgehead atoms. The number of aromatic carboxylic acids is 1. The first-order valence-corrected chi connectivity index (χ1v) is 33.9. The number of amides is 5. The number of fused-ring (bicyclic) bond motifs is 2. The number of anilines is 1. The summed E-state index contributed by atoms with van der Waals surface area (Å²) in [7, 11) is 1.58. The van der Waals surface area contributed by atoms with Gasteiger partial charge in [0.1, 0.15) is 43.0 Å². The number of imide groups is 1. The zero-order chi connectivity index (χ0) is 69.9. The number of carboxylic acids is 2. The van der Waals surface area contributed by atoms with Crippen molar-refractivity contribution in [1.29, 1.82) is 0 Å². The highest BCUT2D eigenvalue weighted by molar-refractivity contribution is 7.22. The third-order valence-electron chi connectivity index (χ3n) is 19.5. The van der Waals surface area contributed by atoms with Crippen LogP contribution in [0.3, 0.4) is 0 Å². The minimum Gasteiger partial charge on any atom is -0.491 e. The van der Waals surface area contributed by atoms with Crippen LogP contribution in [0.25, 0.3) is 43.5 Å². The highest BCUT2D eigenvalue weighted by atomic mass is 32.1. The van der Waals surface area contributed by atoms with Gasteiger partial charge in [-0.1, -0.05) is 49.8 Å². The highest BCUT2D eigenvalue weighted by Crippen LogP contribution is 2.69. The fourth-order valence-corrected chi connectivity index (χ4v) is 16.2. The second-order valence-corrected chi connectivity index (χ2v) is 28.0. The van der Waals surface area contributed by atoms with Crippen molar-refractivity contribution in [2.24, 2.45) is 22.7 Å². The molecule has 0 radical (unpaired) electrons. The fraction of sp³-hybridized carbons (Fsp3) is 0.451. The van der Waals surface area contributed by atoms with Gasteiger partial charge in [-0.25, -0.2) is 24.4 Å². The summed E-state index contributed by atoms with van der Waals surface area (Å²) in [6, 6.07) is 22.6. The van der Waals surface area contributed by atoms with Gasteiger partial charge in [0.05, 0.1) is 53.0 Å². The van der Waals surface area contributed by atoms with E-state index in [2.05, 4.69) is 34.4 Å². The molecule has 4 saturated carbocycles. The van der Waals surface area contributed by atoms with E-state index in [-0.39, 0.29) is 122 Å². The number of ether oxygens (including phenoxy) is 6. The summed E-state index contributed by atoms with van der Waals surface area (Å²) < 4.78 is 38.8. The zero-order valence-corrected chi connectivity index (χ0v) is 56.0. The summed E-state index contributed by atoms with van der Waals surface area (Å²) in [4.78, 5) is 105. The summed E-state index contributed by atoms with van der Waals surface area (Å²) in [6.07, 6.45) is 2.21. The van der Waals surface area contributed by atoms with Crippen molar-refractivity contribution in [3.05, 3.63) is 126 Å². The topological polar surface area (TPSA) is 363 Å². The minimum absolute atomic E-state index is 0.0113.